The number of benzene rings is 2. The van der Waals surface area contributed by atoms with Gasteiger partial charge in [0.15, 0.2) is 5.82 Å². The number of rotatable bonds is 6. The highest BCUT2D eigenvalue weighted by Crippen LogP contribution is 2.31. The summed E-state index contributed by atoms with van der Waals surface area (Å²) in [6, 6.07) is 15.7. The fourth-order valence-electron chi connectivity index (χ4n) is 3.77. The number of aliphatic hydroxyl groups excluding tert-OH is 1. The molecule has 8 heteroatoms. The fraction of sp³-hybridized carbons (Fsp3) is 0.333. The van der Waals surface area contributed by atoms with E-state index in [2.05, 4.69) is 27.2 Å². The molecule has 2 aromatic carbocycles. The summed E-state index contributed by atoms with van der Waals surface area (Å²) in [5.41, 5.74) is 4.12. The van der Waals surface area contributed by atoms with Gasteiger partial charge in [-0.05, 0) is 41.7 Å². The molecule has 1 aromatic heterocycles. The molecule has 3 aromatic rings. The molecule has 0 saturated carbocycles. The van der Waals surface area contributed by atoms with Crippen molar-refractivity contribution in [1.82, 2.24) is 10.1 Å². The predicted molar refractivity (Wildman–Crippen MR) is 100 cm³/mol. The van der Waals surface area contributed by atoms with Crippen LogP contribution in [0.4, 0.5) is 18.9 Å². The first kappa shape index (κ1) is 19.4. The third kappa shape index (κ3) is 4.59. The largest absolute Gasteiger partial charge is 0.396 e. The Morgan fingerprint density at radius 3 is 2.45 bits per heavy atom. The molecule has 0 spiro atoms. The minimum atomic E-state index is -4.39. The smallest absolute Gasteiger partial charge is 0.392 e. The zero-order valence-electron chi connectivity index (χ0n) is 15.6. The third-order valence-corrected chi connectivity index (χ3v) is 5.07. The molecule has 0 amide bonds. The summed E-state index contributed by atoms with van der Waals surface area (Å²) >= 11 is 0. The lowest BCUT2D eigenvalue weighted by Gasteiger charge is -2.30. The first-order valence-corrected chi connectivity index (χ1v) is 9.33. The number of fused-ring (bicyclic) bond motifs is 1. The Morgan fingerprint density at radius 2 is 1.79 bits per heavy atom. The Balaban J connectivity index is 1.61. The topological polar surface area (TPSA) is 62.4 Å². The molecule has 5 nitrogen and oxygen atoms in total. The van der Waals surface area contributed by atoms with Gasteiger partial charge in [0.25, 0.3) is 0 Å². The summed E-state index contributed by atoms with van der Waals surface area (Å²) in [6.07, 6.45) is -3.99. The van der Waals surface area contributed by atoms with Crippen LogP contribution in [-0.2, 0) is 32.4 Å². The molecule has 0 radical (unpaired) electrons. The van der Waals surface area contributed by atoms with Crippen LogP contribution in [0.25, 0.3) is 0 Å². The zero-order valence-corrected chi connectivity index (χ0v) is 15.6. The SMILES string of the molecule is OCc1cccc(N(Cc2nc(CC(F)(F)F)no2)C2Cc3ccccc3C2)c1. The maximum Gasteiger partial charge on any atom is 0.396 e. The molecule has 1 N–H and O–H groups in total. The molecule has 29 heavy (non-hydrogen) atoms. The Labute approximate surface area is 165 Å². The van der Waals surface area contributed by atoms with E-state index in [1.54, 1.807) is 0 Å². The highest BCUT2D eigenvalue weighted by Gasteiger charge is 2.32. The molecule has 1 heterocycles. The molecule has 1 aliphatic carbocycles. The Bertz CT molecular complexity index is 962. The second-order valence-corrected chi connectivity index (χ2v) is 7.18. The van der Waals surface area contributed by atoms with Gasteiger partial charge in [0.05, 0.1) is 13.2 Å². The minimum absolute atomic E-state index is 0.0944. The number of aliphatic hydroxyl groups is 1. The van der Waals surface area contributed by atoms with Gasteiger partial charge in [0.2, 0.25) is 5.89 Å². The quantitative estimate of drug-likeness (QED) is 0.678. The van der Waals surface area contributed by atoms with Gasteiger partial charge in [0.1, 0.15) is 6.42 Å². The van der Waals surface area contributed by atoms with Crippen molar-refractivity contribution in [2.24, 2.45) is 0 Å². The molecular formula is C21H20F3N3O2. The van der Waals surface area contributed by atoms with Gasteiger partial charge in [-0.2, -0.15) is 18.2 Å². The number of hydrogen-bond acceptors (Lipinski definition) is 5. The van der Waals surface area contributed by atoms with E-state index in [9.17, 15) is 18.3 Å². The van der Waals surface area contributed by atoms with Crippen LogP contribution in [0.5, 0.6) is 0 Å². The van der Waals surface area contributed by atoms with Crippen molar-refractivity contribution in [2.45, 2.75) is 44.6 Å². The highest BCUT2D eigenvalue weighted by atomic mass is 19.4. The van der Waals surface area contributed by atoms with E-state index in [0.29, 0.717) is 0 Å². The third-order valence-electron chi connectivity index (χ3n) is 5.07. The summed E-state index contributed by atoms with van der Waals surface area (Å²) < 4.78 is 42.9. The van der Waals surface area contributed by atoms with E-state index < -0.39 is 12.6 Å². The number of alkyl halides is 3. The Hall–Kier alpha value is -2.87. The van der Waals surface area contributed by atoms with Crippen LogP contribution in [0.2, 0.25) is 0 Å². The van der Waals surface area contributed by atoms with E-state index in [1.807, 2.05) is 36.4 Å². The molecule has 0 saturated heterocycles. The lowest BCUT2D eigenvalue weighted by Crippen LogP contribution is -2.35. The van der Waals surface area contributed by atoms with Gasteiger partial charge in [-0.1, -0.05) is 41.6 Å². The second-order valence-electron chi connectivity index (χ2n) is 7.18. The Kier molecular flexibility index (Phi) is 5.27. The number of anilines is 1. The van der Waals surface area contributed by atoms with Crippen molar-refractivity contribution in [3.05, 3.63) is 76.9 Å². The molecule has 1 aliphatic rings. The van der Waals surface area contributed by atoms with E-state index in [-0.39, 0.29) is 30.9 Å². The first-order valence-electron chi connectivity index (χ1n) is 9.33. The molecule has 152 valence electrons. The van der Waals surface area contributed by atoms with Crippen LogP contribution < -0.4 is 4.90 Å². The molecule has 0 atom stereocenters. The maximum absolute atomic E-state index is 12.6. The molecule has 0 unspecified atom stereocenters. The highest BCUT2D eigenvalue weighted by molar-refractivity contribution is 5.51. The van der Waals surface area contributed by atoms with Crippen LogP contribution in [0, 0.1) is 0 Å². The molecule has 0 fully saturated rings. The van der Waals surface area contributed by atoms with Gasteiger partial charge in [0, 0.05) is 11.7 Å². The summed E-state index contributed by atoms with van der Waals surface area (Å²) in [7, 11) is 0. The lowest BCUT2D eigenvalue weighted by atomic mass is 10.1. The van der Waals surface area contributed by atoms with E-state index in [0.717, 1.165) is 24.1 Å². The zero-order chi connectivity index (χ0) is 20.4. The van der Waals surface area contributed by atoms with Crippen LogP contribution in [0.3, 0.4) is 0 Å². The van der Waals surface area contributed by atoms with E-state index in [1.165, 1.54) is 11.1 Å². The van der Waals surface area contributed by atoms with Gasteiger partial charge in [-0.15, -0.1) is 0 Å². The van der Waals surface area contributed by atoms with Crippen LogP contribution in [0.1, 0.15) is 28.4 Å². The summed E-state index contributed by atoms with van der Waals surface area (Å²) in [5, 5.41) is 13.0. The van der Waals surface area contributed by atoms with Crippen molar-refractivity contribution in [1.29, 1.82) is 0 Å². The molecular weight excluding hydrogens is 383 g/mol. The normalized spacial score (nSPS) is 14.2. The summed E-state index contributed by atoms with van der Waals surface area (Å²) in [4.78, 5) is 5.99. The van der Waals surface area contributed by atoms with E-state index >= 15 is 0 Å². The van der Waals surface area contributed by atoms with Gasteiger partial charge in [-0.25, -0.2) is 0 Å². The standard InChI is InChI=1S/C21H20F3N3O2/c22-21(23,24)11-19-25-20(29-26-19)12-27(17-7-3-4-14(8-17)13-28)18-9-15-5-1-2-6-16(15)10-18/h1-8,18,28H,9-13H2. The summed E-state index contributed by atoms with van der Waals surface area (Å²) in [6.45, 7) is 0.0985. The number of aromatic nitrogens is 2. The average Bonchev–Trinajstić information content (AvgIpc) is 3.31. The van der Waals surface area contributed by atoms with Gasteiger partial charge in [-0.3, -0.25) is 0 Å². The van der Waals surface area contributed by atoms with Crippen LogP contribution >= 0.6 is 0 Å². The van der Waals surface area contributed by atoms with Crippen molar-refractivity contribution in [3.8, 4) is 0 Å². The van der Waals surface area contributed by atoms with Crippen molar-refractivity contribution in [2.75, 3.05) is 4.90 Å². The van der Waals surface area contributed by atoms with E-state index in [4.69, 9.17) is 4.52 Å². The number of halogens is 3. The lowest BCUT2D eigenvalue weighted by molar-refractivity contribution is -0.128. The Morgan fingerprint density at radius 1 is 1.07 bits per heavy atom. The monoisotopic (exact) mass is 403 g/mol. The van der Waals surface area contributed by atoms with Crippen LogP contribution in [-0.4, -0.2) is 27.5 Å². The molecule has 0 bridgehead atoms. The molecule has 4 rings (SSSR count). The number of nitrogens with zero attached hydrogens (tertiary/aromatic N) is 3. The van der Waals surface area contributed by atoms with Crippen molar-refractivity contribution >= 4 is 5.69 Å². The average molecular weight is 403 g/mol. The number of hydrogen-bond donors (Lipinski definition) is 1. The van der Waals surface area contributed by atoms with Crippen LogP contribution in [0.15, 0.2) is 53.1 Å². The minimum Gasteiger partial charge on any atom is -0.392 e. The van der Waals surface area contributed by atoms with Crippen molar-refractivity contribution < 1.29 is 22.8 Å². The molecule has 0 aliphatic heterocycles. The first-order chi connectivity index (χ1) is 13.9. The van der Waals surface area contributed by atoms with Crippen molar-refractivity contribution in [3.63, 3.8) is 0 Å². The fourth-order valence-corrected chi connectivity index (χ4v) is 3.77. The predicted octanol–water partition coefficient (Wildman–Crippen LogP) is 3.84. The van der Waals surface area contributed by atoms with Gasteiger partial charge < -0.3 is 14.5 Å². The van der Waals surface area contributed by atoms with Gasteiger partial charge >= 0.3 is 6.18 Å². The second kappa shape index (κ2) is 7.87. The summed E-state index contributed by atoms with van der Waals surface area (Å²) in [5.74, 6) is -0.235. The maximum atomic E-state index is 12.6.